The normalized spacial score (nSPS) is 21.6. The minimum atomic E-state index is -0.349. The molecule has 3 rings (SSSR count). The molecule has 2 aliphatic rings. The summed E-state index contributed by atoms with van der Waals surface area (Å²) in [5.41, 5.74) is 6.15. The molecule has 2 heterocycles. The van der Waals surface area contributed by atoms with Crippen molar-refractivity contribution in [3.05, 3.63) is 35.6 Å². The lowest BCUT2D eigenvalue weighted by Crippen LogP contribution is -2.44. The first kappa shape index (κ1) is 17.4. The molecule has 0 spiro atoms. The fourth-order valence-corrected chi connectivity index (χ4v) is 3.54. The molecule has 1 unspecified atom stereocenters. The molecule has 2 N–H and O–H groups in total. The van der Waals surface area contributed by atoms with Crippen molar-refractivity contribution < 1.29 is 18.8 Å². The van der Waals surface area contributed by atoms with Gasteiger partial charge in [0.05, 0.1) is 5.92 Å². The molecule has 0 saturated carbocycles. The minimum Gasteiger partial charge on any atom is -0.369 e. The Morgan fingerprint density at radius 1 is 1.12 bits per heavy atom. The number of carbonyl (C=O) groups excluding carboxylic acids is 3. The summed E-state index contributed by atoms with van der Waals surface area (Å²) >= 11 is 0. The summed E-state index contributed by atoms with van der Waals surface area (Å²) in [6.45, 7) is 1.78. The average molecular weight is 347 g/mol. The molecule has 25 heavy (non-hydrogen) atoms. The van der Waals surface area contributed by atoms with Gasteiger partial charge < -0.3 is 15.5 Å². The highest BCUT2D eigenvalue weighted by atomic mass is 19.1. The third kappa shape index (κ3) is 3.97. The van der Waals surface area contributed by atoms with Crippen LogP contribution in [0.15, 0.2) is 24.3 Å². The van der Waals surface area contributed by atoms with Crippen LogP contribution in [0.25, 0.3) is 0 Å². The molecule has 1 atom stereocenters. The van der Waals surface area contributed by atoms with Crippen molar-refractivity contribution in [1.29, 1.82) is 0 Å². The van der Waals surface area contributed by atoms with E-state index < -0.39 is 0 Å². The number of hydrogen-bond donors (Lipinski definition) is 1. The molecule has 1 aromatic rings. The van der Waals surface area contributed by atoms with Crippen LogP contribution in [0.5, 0.6) is 0 Å². The van der Waals surface area contributed by atoms with Gasteiger partial charge >= 0.3 is 0 Å². The Morgan fingerprint density at radius 2 is 1.76 bits per heavy atom. The quantitative estimate of drug-likeness (QED) is 0.878. The number of nitrogens with zero attached hydrogens (tertiary/aromatic N) is 2. The zero-order chi connectivity index (χ0) is 18.0. The van der Waals surface area contributed by atoms with Gasteiger partial charge in [-0.25, -0.2) is 4.39 Å². The average Bonchev–Trinajstić information content (AvgIpc) is 2.97. The molecule has 7 heteroatoms. The second-order valence-electron chi connectivity index (χ2n) is 6.80. The Balaban J connectivity index is 1.56. The van der Waals surface area contributed by atoms with E-state index >= 15 is 0 Å². The van der Waals surface area contributed by atoms with Crippen LogP contribution < -0.4 is 5.73 Å². The second kappa shape index (κ2) is 7.21. The SMILES string of the molecule is NC(=O)C1CCN(C(=O)C2CC(=O)N(Cc3ccc(F)cc3)C2)CC1. The van der Waals surface area contributed by atoms with Crippen molar-refractivity contribution in [2.75, 3.05) is 19.6 Å². The van der Waals surface area contributed by atoms with Crippen LogP contribution in [0.4, 0.5) is 4.39 Å². The van der Waals surface area contributed by atoms with Gasteiger partial charge in [0.15, 0.2) is 0 Å². The highest BCUT2D eigenvalue weighted by Gasteiger charge is 2.37. The van der Waals surface area contributed by atoms with Gasteiger partial charge in [0, 0.05) is 38.5 Å². The maximum atomic E-state index is 13.0. The molecule has 2 fully saturated rings. The monoisotopic (exact) mass is 347 g/mol. The summed E-state index contributed by atoms with van der Waals surface area (Å²) in [4.78, 5) is 39.4. The summed E-state index contributed by atoms with van der Waals surface area (Å²) < 4.78 is 13.0. The molecule has 0 radical (unpaired) electrons. The van der Waals surface area contributed by atoms with Crippen LogP contribution in [-0.4, -0.2) is 47.2 Å². The summed E-state index contributed by atoms with van der Waals surface area (Å²) in [7, 11) is 0. The summed E-state index contributed by atoms with van der Waals surface area (Å²) in [6.07, 6.45) is 1.37. The summed E-state index contributed by atoms with van der Waals surface area (Å²) in [5.74, 6) is -1.23. The van der Waals surface area contributed by atoms with Gasteiger partial charge in [-0.3, -0.25) is 14.4 Å². The number of carbonyl (C=O) groups is 3. The zero-order valence-electron chi connectivity index (χ0n) is 14.0. The van der Waals surface area contributed by atoms with Crippen molar-refractivity contribution in [3.8, 4) is 0 Å². The number of likely N-dealkylation sites (tertiary alicyclic amines) is 2. The maximum absolute atomic E-state index is 13.0. The van der Waals surface area contributed by atoms with E-state index in [0.29, 0.717) is 39.0 Å². The molecular formula is C18H22FN3O3. The van der Waals surface area contributed by atoms with E-state index in [0.717, 1.165) is 5.56 Å². The predicted molar refractivity (Wildman–Crippen MR) is 88.4 cm³/mol. The fourth-order valence-electron chi connectivity index (χ4n) is 3.54. The third-order valence-electron chi connectivity index (χ3n) is 5.06. The predicted octanol–water partition coefficient (Wildman–Crippen LogP) is 0.898. The number of halogens is 1. The molecule has 2 saturated heterocycles. The maximum Gasteiger partial charge on any atom is 0.227 e. The van der Waals surface area contributed by atoms with Crippen molar-refractivity contribution in [3.63, 3.8) is 0 Å². The van der Waals surface area contributed by atoms with Crippen LogP contribution >= 0.6 is 0 Å². The molecule has 6 nitrogen and oxygen atoms in total. The van der Waals surface area contributed by atoms with E-state index in [1.54, 1.807) is 21.9 Å². The topological polar surface area (TPSA) is 83.7 Å². The smallest absolute Gasteiger partial charge is 0.227 e. The van der Waals surface area contributed by atoms with Gasteiger partial charge in [0.1, 0.15) is 5.82 Å². The van der Waals surface area contributed by atoms with Crippen LogP contribution in [0.2, 0.25) is 0 Å². The van der Waals surface area contributed by atoms with E-state index in [1.807, 2.05) is 0 Å². The van der Waals surface area contributed by atoms with E-state index in [-0.39, 0.29) is 41.8 Å². The Hall–Kier alpha value is -2.44. The van der Waals surface area contributed by atoms with Crippen LogP contribution in [-0.2, 0) is 20.9 Å². The molecule has 134 valence electrons. The number of rotatable bonds is 4. The zero-order valence-corrected chi connectivity index (χ0v) is 14.0. The van der Waals surface area contributed by atoms with Gasteiger partial charge in [-0.05, 0) is 30.5 Å². The van der Waals surface area contributed by atoms with Crippen LogP contribution in [0.3, 0.4) is 0 Å². The van der Waals surface area contributed by atoms with Crippen molar-refractivity contribution in [2.45, 2.75) is 25.8 Å². The molecular weight excluding hydrogens is 325 g/mol. The van der Waals surface area contributed by atoms with Crippen molar-refractivity contribution in [1.82, 2.24) is 9.80 Å². The second-order valence-corrected chi connectivity index (χ2v) is 6.80. The Morgan fingerprint density at radius 3 is 2.36 bits per heavy atom. The molecule has 0 aromatic heterocycles. The number of benzene rings is 1. The van der Waals surface area contributed by atoms with Gasteiger partial charge in [-0.15, -0.1) is 0 Å². The number of hydrogen-bond acceptors (Lipinski definition) is 3. The highest BCUT2D eigenvalue weighted by Crippen LogP contribution is 2.25. The highest BCUT2D eigenvalue weighted by molar-refractivity contribution is 5.89. The number of primary amides is 1. The lowest BCUT2D eigenvalue weighted by Gasteiger charge is -2.32. The third-order valence-corrected chi connectivity index (χ3v) is 5.06. The summed E-state index contributed by atoms with van der Waals surface area (Å²) in [5, 5.41) is 0. The summed E-state index contributed by atoms with van der Waals surface area (Å²) in [6, 6.07) is 6.02. The van der Waals surface area contributed by atoms with Gasteiger partial charge in [0.2, 0.25) is 17.7 Å². The van der Waals surface area contributed by atoms with Crippen LogP contribution in [0.1, 0.15) is 24.8 Å². The van der Waals surface area contributed by atoms with E-state index in [2.05, 4.69) is 0 Å². The number of amides is 3. The van der Waals surface area contributed by atoms with E-state index in [4.69, 9.17) is 5.73 Å². The van der Waals surface area contributed by atoms with Crippen molar-refractivity contribution in [2.24, 2.45) is 17.6 Å². The molecule has 1 aromatic carbocycles. The molecule has 3 amide bonds. The Labute approximate surface area is 145 Å². The van der Waals surface area contributed by atoms with Gasteiger partial charge in [0.25, 0.3) is 0 Å². The Kier molecular flexibility index (Phi) is 5.01. The standard InChI is InChI=1S/C18H22FN3O3/c19-15-3-1-12(2-4-15)10-22-11-14(9-16(22)23)18(25)21-7-5-13(6-8-21)17(20)24/h1-4,13-14H,5-11H2,(H2,20,24). The lowest BCUT2D eigenvalue weighted by molar-refractivity contribution is -0.138. The molecule has 0 aliphatic carbocycles. The largest absolute Gasteiger partial charge is 0.369 e. The molecule has 2 aliphatic heterocycles. The number of nitrogens with two attached hydrogens (primary N) is 1. The first-order chi connectivity index (χ1) is 11.9. The lowest BCUT2D eigenvalue weighted by atomic mass is 9.95. The van der Waals surface area contributed by atoms with Gasteiger partial charge in [-0.2, -0.15) is 0 Å². The first-order valence-corrected chi connectivity index (χ1v) is 8.54. The Bertz CT molecular complexity index is 669. The fraction of sp³-hybridized carbons (Fsp3) is 0.500. The van der Waals surface area contributed by atoms with E-state index in [1.165, 1.54) is 12.1 Å². The molecule has 0 bridgehead atoms. The van der Waals surface area contributed by atoms with Crippen LogP contribution in [0, 0.1) is 17.7 Å². The van der Waals surface area contributed by atoms with Gasteiger partial charge in [-0.1, -0.05) is 12.1 Å². The number of piperidine rings is 1. The van der Waals surface area contributed by atoms with Crippen molar-refractivity contribution >= 4 is 17.7 Å². The minimum absolute atomic E-state index is 0.0297. The first-order valence-electron chi connectivity index (χ1n) is 8.54. The van der Waals surface area contributed by atoms with E-state index in [9.17, 15) is 18.8 Å².